The number of sulfonamides is 1. The van der Waals surface area contributed by atoms with Gasteiger partial charge in [-0.15, -0.1) is 0 Å². The van der Waals surface area contributed by atoms with Gasteiger partial charge in [0.1, 0.15) is 5.82 Å². The summed E-state index contributed by atoms with van der Waals surface area (Å²) in [5.74, 6) is -0.926. The van der Waals surface area contributed by atoms with Crippen molar-refractivity contribution in [2.75, 3.05) is 4.90 Å². The zero-order valence-corrected chi connectivity index (χ0v) is 15.1. The van der Waals surface area contributed by atoms with Crippen LogP contribution in [0.25, 0.3) is 11.0 Å². The van der Waals surface area contributed by atoms with Gasteiger partial charge in [-0.05, 0) is 31.2 Å². The largest absolute Gasteiger partial charge is 0.307 e. The SMILES string of the molecule is Cc1ccc2c3c(cnc2n1)CC(=O)N3Cc1ccc(S(N)(=O)=O)cc1F. The van der Waals surface area contributed by atoms with Crippen LogP contribution < -0.4 is 10.0 Å². The Balaban J connectivity index is 1.78. The summed E-state index contributed by atoms with van der Waals surface area (Å²) in [6.45, 7) is 1.81. The summed E-state index contributed by atoms with van der Waals surface area (Å²) in [4.78, 5) is 22.4. The number of hydrogen-bond donors (Lipinski definition) is 1. The third kappa shape index (κ3) is 3.04. The highest BCUT2D eigenvalue weighted by atomic mass is 32.2. The fourth-order valence-corrected chi connectivity index (χ4v) is 3.73. The number of nitrogens with two attached hydrogens (primary N) is 1. The number of fused-ring (bicyclic) bond motifs is 3. The van der Waals surface area contributed by atoms with E-state index >= 15 is 0 Å². The van der Waals surface area contributed by atoms with Crippen LogP contribution in [0.3, 0.4) is 0 Å². The van der Waals surface area contributed by atoms with Crippen LogP contribution in [0.15, 0.2) is 41.4 Å². The normalized spacial score (nSPS) is 14.0. The maximum absolute atomic E-state index is 14.4. The Morgan fingerprint density at radius 3 is 2.74 bits per heavy atom. The molecule has 0 radical (unpaired) electrons. The lowest BCUT2D eigenvalue weighted by atomic mass is 10.1. The molecule has 1 aliphatic rings. The lowest BCUT2D eigenvalue weighted by molar-refractivity contribution is -0.117. The van der Waals surface area contributed by atoms with E-state index in [0.29, 0.717) is 16.7 Å². The summed E-state index contributed by atoms with van der Waals surface area (Å²) in [6.07, 6.45) is 1.78. The van der Waals surface area contributed by atoms with Crippen molar-refractivity contribution in [3.8, 4) is 0 Å². The lowest BCUT2D eigenvalue weighted by Crippen LogP contribution is -2.27. The van der Waals surface area contributed by atoms with Gasteiger partial charge in [-0.2, -0.15) is 0 Å². The first kappa shape index (κ1) is 17.5. The molecule has 9 heteroatoms. The molecule has 7 nitrogen and oxygen atoms in total. The second-order valence-electron chi connectivity index (χ2n) is 6.41. The fourth-order valence-electron chi connectivity index (χ4n) is 3.20. The lowest BCUT2D eigenvalue weighted by Gasteiger charge is -2.19. The summed E-state index contributed by atoms with van der Waals surface area (Å²) >= 11 is 0. The zero-order valence-electron chi connectivity index (χ0n) is 14.3. The zero-order chi connectivity index (χ0) is 19.3. The summed E-state index contributed by atoms with van der Waals surface area (Å²) in [6, 6.07) is 7.08. The molecule has 3 heterocycles. The summed E-state index contributed by atoms with van der Waals surface area (Å²) in [7, 11) is -4.00. The number of primary sulfonamides is 1. The molecule has 0 saturated carbocycles. The molecule has 2 aromatic heterocycles. The van der Waals surface area contributed by atoms with Crippen molar-refractivity contribution in [3.05, 3.63) is 59.2 Å². The molecule has 2 N–H and O–H groups in total. The van der Waals surface area contributed by atoms with Crippen molar-refractivity contribution in [2.45, 2.75) is 24.8 Å². The maximum atomic E-state index is 14.4. The third-order valence-corrected chi connectivity index (χ3v) is 5.42. The molecule has 0 atom stereocenters. The van der Waals surface area contributed by atoms with E-state index in [1.165, 1.54) is 17.0 Å². The molecule has 0 bridgehead atoms. The van der Waals surface area contributed by atoms with E-state index in [1.54, 1.807) is 6.20 Å². The Morgan fingerprint density at radius 1 is 1.26 bits per heavy atom. The minimum absolute atomic E-state index is 0.0322. The Kier molecular flexibility index (Phi) is 3.93. The Bertz CT molecular complexity index is 1210. The summed E-state index contributed by atoms with van der Waals surface area (Å²) in [5, 5.41) is 5.74. The fraction of sp³-hybridized carbons (Fsp3) is 0.167. The van der Waals surface area contributed by atoms with Gasteiger partial charge in [0.15, 0.2) is 5.65 Å². The van der Waals surface area contributed by atoms with Crippen LogP contribution in [0, 0.1) is 12.7 Å². The number of benzene rings is 1. The molecule has 27 heavy (non-hydrogen) atoms. The number of anilines is 1. The van der Waals surface area contributed by atoms with E-state index in [1.807, 2.05) is 19.1 Å². The van der Waals surface area contributed by atoms with Crippen LogP contribution in [-0.4, -0.2) is 24.3 Å². The number of nitrogens with zero attached hydrogens (tertiary/aromatic N) is 3. The number of halogens is 1. The standard InChI is InChI=1S/C18H15FN4O3S/c1-10-2-5-14-17-12(8-21-18(14)22-10)6-16(24)23(17)9-11-3-4-13(7-15(11)19)27(20,25)26/h2-5,7-8H,6,9H2,1H3,(H2,20,25,26). The first-order valence-electron chi connectivity index (χ1n) is 8.11. The van der Waals surface area contributed by atoms with Gasteiger partial charge in [0.2, 0.25) is 15.9 Å². The number of amides is 1. The summed E-state index contributed by atoms with van der Waals surface area (Å²) in [5.41, 5.74) is 2.91. The highest BCUT2D eigenvalue weighted by Gasteiger charge is 2.30. The van der Waals surface area contributed by atoms with Crippen LogP contribution in [0.5, 0.6) is 0 Å². The maximum Gasteiger partial charge on any atom is 0.238 e. The highest BCUT2D eigenvalue weighted by Crippen LogP contribution is 2.36. The second kappa shape index (κ2) is 6.07. The van der Waals surface area contributed by atoms with Gasteiger partial charge in [-0.1, -0.05) is 6.07 Å². The number of aromatic nitrogens is 2. The van der Waals surface area contributed by atoms with Crippen LogP contribution in [-0.2, 0) is 27.8 Å². The monoisotopic (exact) mass is 386 g/mol. The Hall–Kier alpha value is -2.91. The molecule has 1 aromatic carbocycles. The van der Waals surface area contributed by atoms with Crippen molar-refractivity contribution >= 4 is 32.7 Å². The minimum atomic E-state index is -4.00. The molecule has 138 valence electrons. The number of hydrogen-bond acceptors (Lipinski definition) is 5. The average molecular weight is 386 g/mol. The summed E-state index contributed by atoms with van der Waals surface area (Å²) < 4.78 is 37.1. The van der Waals surface area contributed by atoms with Crippen molar-refractivity contribution in [1.29, 1.82) is 0 Å². The minimum Gasteiger partial charge on any atom is -0.307 e. The topological polar surface area (TPSA) is 106 Å². The number of aryl methyl sites for hydroxylation is 1. The highest BCUT2D eigenvalue weighted by molar-refractivity contribution is 7.89. The van der Waals surface area contributed by atoms with Gasteiger partial charge < -0.3 is 4.90 Å². The molecule has 0 spiro atoms. The van der Waals surface area contributed by atoms with Gasteiger partial charge in [-0.25, -0.2) is 27.9 Å². The van der Waals surface area contributed by atoms with Crippen LogP contribution in [0.2, 0.25) is 0 Å². The van der Waals surface area contributed by atoms with Crippen molar-refractivity contribution in [1.82, 2.24) is 9.97 Å². The number of carbonyl (C=O) groups excluding carboxylic acids is 1. The molecular formula is C18H15FN4O3S. The predicted molar refractivity (Wildman–Crippen MR) is 96.9 cm³/mol. The van der Waals surface area contributed by atoms with Crippen LogP contribution in [0.4, 0.5) is 10.1 Å². The number of rotatable bonds is 3. The average Bonchev–Trinajstić information content (AvgIpc) is 2.91. The van der Waals surface area contributed by atoms with E-state index in [2.05, 4.69) is 9.97 Å². The van der Waals surface area contributed by atoms with Crippen LogP contribution >= 0.6 is 0 Å². The quantitative estimate of drug-likeness (QED) is 0.739. The molecule has 0 saturated heterocycles. The molecule has 0 aliphatic carbocycles. The number of carbonyl (C=O) groups is 1. The molecule has 1 aliphatic heterocycles. The van der Waals surface area contributed by atoms with E-state index in [-0.39, 0.29) is 29.3 Å². The molecular weight excluding hydrogens is 371 g/mol. The van der Waals surface area contributed by atoms with E-state index in [0.717, 1.165) is 17.3 Å². The number of pyridine rings is 2. The van der Waals surface area contributed by atoms with Gasteiger partial charge in [0.25, 0.3) is 0 Å². The van der Waals surface area contributed by atoms with Crippen LogP contribution in [0.1, 0.15) is 16.8 Å². The predicted octanol–water partition coefficient (Wildman–Crippen LogP) is 1.81. The van der Waals surface area contributed by atoms with Crippen molar-refractivity contribution in [2.24, 2.45) is 5.14 Å². The Morgan fingerprint density at radius 2 is 2.04 bits per heavy atom. The first-order valence-corrected chi connectivity index (χ1v) is 9.65. The third-order valence-electron chi connectivity index (χ3n) is 4.51. The molecule has 3 aromatic rings. The van der Waals surface area contributed by atoms with Gasteiger partial charge in [-0.3, -0.25) is 4.79 Å². The molecule has 0 unspecified atom stereocenters. The van der Waals surface area contributed by atoms with Gasteiger partial charge >= 0.3 is 0 Å². The smallest absolute Gasteiger partial charge is 0.238 e. The van der Waals surface area contributed by atoms with Crippen molar-refractivity contribution in [3.63, 3.8) is 0 Å². The van der Waals surface area contributed by atoms with Gasteiger partial charge in [0.05, 0.1) is 23.5 Å². The second-order valence-corrected chi connectivity index (χ2v) is 7.97. The van der Waals surface area contributed by atoms with E-state index < -0.39 is 15.8 Å². The van der Waals surface area contributed by atoms with Crippen molar-refractivity contribution < 1.29 is 17.6 Å². The Labute approximate surface area is 154 Å². The molecule has 0 fully saturated rings. The van der Waals surface area contributed by atoms with Gasteiger partial charge in [0, 0.05) is 28.4 Å². The van der Waals surface area contributed by atoms with E-state index in [9.17, 15) is 17.6 Å². The van der Waals surface area contributed by atoms with E-state index in [4.69, 9.17) is 5.14 Å². The first-order chi connectivity index (χ1) is 12.7. The molecule has 1 amide bonds. The molecule has 4 rings (SSSR count).